The van der Waals surface area contributed by atoms with Crippen molar-refractivity contribution in [2.75, 3.05) is 5.32 Å². The van der Waals surface area contributed by atoms with Gasteiger partial charge in [-0.05, 0) is 60.9 Å². The van der Waals surface area contributed by atoms with Crippen molar-refractivity contribution in [3.63, 3.8) is 0 Å². The van der Waals surface area contributed by atoms with E-state index in [1.54, 1.807) is 6.20 Å². The van der Waals surface area contributed by atoms with E-state index in [0.717, 1.165) is 45.9 Å². The van der Waals surface area contributed by atoms with Crippen molar-refractivity contribution in [3.05, 3.63) is 60.0 Å². The van der Waals surface area contributed by atoms with Gasteiger partial charge < -0.3 is 10.1 Å². The average Bonchev–Trinajstić information content (AvgIpc) is 3.28. The molecule has 2 atom stereocenters. The summed E-state index contributed by atoms with van der Waals surface area (Å²) in [6, 6.07) is 12.3. The first-order chi connectivity index (χ1) is 13.3. The Kier molecular flexibility index (Phi) is 4.00. The Morgan fingerprint density at radius 1 is 1.07 bits per heavy atom. The van der Waals surface area contributed by atoms with Crippen LogP contribution in [0.4, 0.5) is 5.69 Å². The number of hydrogen-bond donors (Lipinski definition) is 1. The number of amidine groups is 1. The molecule has 2 aromatic heterocycles. The smallest absolute Gasteiger partial charge is 0.221 e. The van der Waals surface area contributed by atoms with Gasteiger partial charge in [0.2, 0.25) is 5.88 Å². The molecule has 5 rings (SSSR count). The number of rotatable bonds is 3. The van der Waals surface area contributed by atoms with Gasteiger partial charge in [0.05, 0.1) is 6.54 Å². The maximum absolute atomic E-state index is 6.26. The van der Waals surface area contributed by atoms with Crippen LogP contribution in [0.15, 0.2) is 53.8 Å². The van der Waals surface area contributed by atoms with Crippen molar-refractivity contribution in [2.24, 2.45) is 10.9 Å². The molecule has 1 aliphatic heterocycles. The molecule has 136 valence electrons. The molecule has 0 bridgehead atoms. The van der Waals surface area contributed by atoms with Crippen LogP contribution in [0.2, 0.25) is 0 Å². The summed E-state index contributed by atoms with van der Waals surface area (Å²) in [5.74, 6) is 2.16. The monoisotopic (exact) mass is 358 g/mol. The second kappa shape index (κ2) is 6.65. The van der Waals surface area contributed by atoms with Gasteiger partial charge in [-0.25, -0.2) is 4.98 Å². The summed E-state index contributed by atoms with van der Waals surface area (Å²) >= 11 is 0. The number of hydrogen-bond acceptors (Lipinski definition) is 5. The second-order valence-corrected chi connectivity index (χ2v) is 7.42. The topological polar surface area (TPSA) is 59.4 Å². The van der Waals surface area contributed by atoms with Crippen LogP contribution >= 0.6 is 0 Å². The van der Waals surface area contributed by atoms with Gasteiger partial charge in [-0.1, -0.05) is 13.0 Å². The van der Waals surface area contributed by atoms with Crippen molar-refractivity contribution in [3.8, 4) is 5.88 Å². The van der Waals surface area contributed by atoms with E-state index in [9.17, 15) is 0 Å². The van der Waals surface area contributed by atoms with Crippen LogP contribution in [0.5, 0.6) is 5.88 Å². The van der Waals surface area contributed by atoms with E-state index in [0.29, 0.717) is 12.5 Å². The Morgan fingerprint density at radius 3 is 2.93 bits per heavy atom. The molecule has 5 nitrogen and oxygen atoms in total. The van der Waals surface area contributed by atoms with Gasteiger partial charge in [-0.2, -0.15) is 0 Å². The number of benzene rings is 1. The first kappa shape index (κ1) is 16.2. The summed E-state index contributed by atoms with van der Waals surface area (Å²) in [6.45, 7) is 2.94. The predicted molar refractivity (Wildman–Crippen MR) is 107 cm³/mol. The van der Waals surface area contributed by atoms with Crippen LogP contribution in [0.3, 0.4) is 0 Å². The highest BCUT2D eigenvalue weighted by Crippen LogP contribution is 2.32. The first-order valence-corrected chi connectivity index (χ1v) is 9.59. The van der Waals surface area contributed by atoms with Gasteiger partial charge >= 0.3 is 0 Å². The standard InChI is InChI=1S/C22H22N4O/c1-14-4-2-6-19(14)27-22-18-8-7-17(12-15(18)9-11-24-22)26-21-20-16(13-25-21)5-3-10-23-20/h3,5,7-12,14,19H,2,4,6,13H2,1H3,(H,25,26)/t14-,19+/m0/s1. The quantitative estimate of drug-likeness (QED) is 0.745. The van der Waals surface area contributed by atoms with Crippen LogP contribution in [-0.4, -0.2) is 21.9 Å². The van der Waals surface area contributed by atoms with Crippen molar-refractivity contribution >= 4 is 22.3 Å². The number of ether oxygens (including phenoxy) is 1. The SMILES string of the molecule is C[C@H]1CCC[C@H]1Oc1nccc2cc(NC3=NCc4cccnc43)ccc12. The Bertz CT molecular complexity index is 1030. The predicted octanol–water partition coefficient (Wildman–Crippen LogP) is 4.57. The molecule has 0 radical (unpaired) electrons. The minimum Gasteiger partial charge on any atom is -0.474 e. The minimum absolute atomic E-state index is 0.274. The molecule has 27 heavy (non-hydrogen) atoms. The summed E-state index contributed by atoms with van der Waals surface area (Å²) in [5, 5.41) is 5.57. The Labute approximate surface area is 158 Å². The maximum atomic E-state index is 6.26. The fourth-order valence-electron chi connectivity index (χ4n) is 4.01. The highest BCUT2D eigenvalue weighted by atomic mass is 16.5. The third-order valence-electron chi connectivity index (χ3n) is 5.56. The highest BCUT2D eigenvalue weighted by molar-refractivity contribution is 6.10. The Hall–Kier alpha value is -2.95. The van der Waals surface area contributed by atoms with Gasteiger partial charge in [-0.3, -0.25) is 9.98 Å². The van der Waals surface area contributed by atoms with Crippen LogP contribution in [0.1, 0.15) is 37.4 Å². The molecule has 1 N–H and O–H groups in total. The van der Waals surface area contributed by atoms with E-state index in [1.807, 2.05) is 18.3 Å². The van der Waals surface area contributed by atoms with Gasteiger partial charge in [-0.15, -0.1) is 0 Å². The molecule has 0 amide bonds. The molecule has 3 aromatic rings. The Morgan fingerprint density at radius 2 is 2.04 bits per heavy atom. The van der Waals surface area contributed by atoms with Gasteiger partial charge in [0, 0.05) is 29.0 Å². The summed E-state index contributed by atoms with van der Waals surface area (Å²) in [5.41, 5.74) is 3.09. The van der Waals surface area contributed by atoms with Crippen LogP contribution in [0.25, 0.3) is 10.8 Å². The van der Waals surface area contributed by atoms with E-state index in [-0.39, 0.29) is 6.10 Å². The zero-order chi connectivity index (χ0) is 18.2. The number of aliphatic imine (C=N–C) groups is 1. The van der Waals surface area contributed by atoms with E-state index < -0.39 is 0 Å². The lowest BCUT2D eigenvalue weighted by Crippen LogP contribution is -2.19. The fourth-order valence-corrected chi connectivity index (χ4v) is 4.01. The summed E-state index contributed by atoms with van der Waals surface area (Å²) < 4.78 is 6.26. The fraction of sp³-hybridized carbons (Fsp3) is 0.318. The molecule has 1 fully saturated rings. The van der Waals surface area contributed by atoms with Crippen molar-refractivity contribution in [1.82, 2.24) is 9.97 Å². The largest absolute Gasteiger partial charge is 0.474 e. The molecule has 0 spiro atoms. The van der Waals surface area contributed by atoms with Gasteiger partial charge in [0.1, 0.15) is 11.8 Å². The second-order valence-electron chi connectivity index (χ2n) is 7.42. The van der Waals surface area contributed by atoms with Gasteiger partial charge in [0.25, 0.3) is 0 Å². The molecular formula is C22H22N4O. The van der Waals surface area contributed by atoms with Crippen molar-refractivity contribution in [2.45, 2.75) is 38.8 Å². The summed E-state index contributed by atoms with van der Waals surface area (Å²) in [7, 11) is 0. The van der Waals surface area contributed by atoms with Gasteiger partial charge in [0.15, 0.2) is 5.84 Å². The van der Waals surface area contributed by atoms with Crippen LogP contribution < -0.4 is 10.1 Å². The highest BCUT2D eigenvalue weighted by Gasteiger charge is 2.26. The number of fused-ring (bicyclic) bond motifs is 2. The number of anilines is 1. The van der Waals surface area contributed by atoms with Crippen LogP contribution in [-0.2, 0) is 6.54 Å². The number of pyridine rings is 2. The molecule has 2 aliphatic rings. The lowest BCUT2D eigenvalue weighted by Gasteiger charge is -2.18. The molecule has 1 saturated carbocycles. The lowest BCUT2D eigenvalue weighted by atomic mass is 10.1. The minimum atomic E-state index is 0.274. The van der Waals surface area contributed by atoms with Crippen molar-refractivity contribution < 1.29 is 4.74 Å². The van der Waals surface area contributed by atoms with Crippen LogP contribution in [0, 0.1) is 5.92 Å². The van der Waals surface area contributed by atoms with Crippen molar-refractivity contribution in [1.29, 1.82) is 0 Å². The normalized spacial score (nSPS) is 21.1. The molecule has 0 unspecified atom stereocenters. The molecule has 1 aromatic carbocycles. The van der Waals surface area contributed by atoms with E-state index in [1.165, 1.54) is 12.8 Å². The summed E-state index contributed by atoms with van der Waals surface area (Å²) in [4.78, 5) is 13.5. The molecule has 1 aliphatic carbocycles. The number of nitrogens with one attached hydrogen (secondary N) is 1. The van der Waals surface area contributed by atoms with E-state index in [2.05, 4.69) is 51.5 Å². The lowest BCUT2D eigenvalue weighted by molar-refractivity contribution is 0.163. The third kappa shape index (κ3) is 3.03. The zero-order valence-electron chi connectivity index (χ0n) is 15.4. The molecule has 3 heterocycles. The molecular weight excluding hydrogens is 336 g/mol. The zero-order valence-corrected chi connectivity index (χ0v) is 15.4. The van der Waals surface area contributed by atoms with E-state index in [4.69, 9.17) is 4.74 Å². The number of aromatic nitrogens is 2. The maximum Gasteiger partial charge on any atom is 0.221 e. The first-order valence-electron chi connectivity index (χ1n) is 9.59. The third-order valence-corrected chi connectivity index (χ3v) is 5.56. The van der Waals surface area contributed by atoms with E-state index >= 15 is 0 Å². The average molecular weight is 358 g/mol. The molecule has 5 heteroatoms. The summed E-state index contributed by atoms with van der Waals surface area (Å²) in [6.07, 6.45) is 7.50. The Balaban J connectivity index is 1.41. The number of nitrogens with zero attached hydrogens (tertiary/aromatic N) is 3. The molecule has 0 saturated heterocycles.